The molecule has 0 unspecified atom stereocenters. The van der Waals surface area contributed by atoms with E-state index >= 15 is 0 Å². The number of carbonyl (C=O) groups excluding carboxylic acids is 4. The third kappa shape index (κ3) is 5.03. The quantitative estimate of drug-likeness (QED) is 0.409. The molecule has 7 nitrogen and oxygen atoms in total. The Kier molecular flexibility index (Phi) is 8.58. The molecule has 0 amide bonds. The lowest BCUT2D eigenvalue weighted by atomic mass is 9.66. The lowest BCUT2D eigenvalue weighted by Crippen LogP contribution is -2.50. The third-order valence-corrected chi connectivity index (χ3v) is 4.80. The summed E-state index contributed by atoms with van der Waals surface area (Å²) in [4.78, 5) is 49.9. The van der Waals surface area contributed by atoms with E-state index in [-0.39, 0.29) is 31.7 Å². The summed E-state index contributed by atoms with van der Waals surface area (Å²) in [5, 5.41) is 0. The van der Waals surface area contributed by atoms with Crippen molar-refractivity contribution in [2.75, 3.05) is 20.8 Å². The number of hydrogen-bond acceptors (Lipinski definition) is 7. The topological polar surface area (TPSA) is 96.0 Å². The van der Waals surface area contributed by atoms with Crippen LogP contribution in [0.4, 0.5) is 0 Å². The van der Waals surface area contributed by atoms with Crippen molar-refractivity contribution in [3.05, 3.63) is 0 Å². The van der Waals surface area contributed by atoms with E-state index in [1.54, 1.807) is 6.92 Å². The van der Waals surface area contributed by atoms with Gasteiger partial charge in [0.05, 0.1) is 26.7 Å². The second-order valence-corrected chi connectivity index (χ2v) is 6.22. The number of carbonyl (C=O) groups is 4. The van der Waals surface area contributed by atoms with Crippen molar-refractivity contribution in [1.29, 1.82) is 0 Å². The number of ketones is 1. The largest absolute Gasteiger partial charge is 0.469 e. The van der Waals surface area contributed by atoms with Gasteiger partial charge in [0.15, 0.2) is 5.78 Å². The van der Waals surface area contributed by atoms with Gasteiger partial charge >= 0.3 is 17.9 Å². The summed E-state index contributed by atoms with van der Waals surface area (Å²) in [5.41, 5.74) is -1.70. The van der Waals surface area contributed by atoms with E-state index in [0.717, 1.165) is 12.8 Å². The molecule has 7 heteroatoms. The van der Waals surface area contributed by atoms with Gasteiger partial charge in [0.1, 0.15) is 5.41 Å². The van der Waals surface area contributed by atoms with Crippen LogP contribution < -0.4 is 0 Å². The van der Waals surface area contributed by atoms with Crippen LogP contribution in [-0.2, 0) is 33.4 Å². The molecular formula is C18H28O7. The van der Waals surface area contributed by atoms with Crippen molar-refractivity contribution >= 4 is 23.7 Å². The fourth-order valence-corrected chi connectivity index (χ4v) is 3.50. The summed E-state index contributed by atoms with van der Waals surface area (Å²) < 4.78 is 14.7. The summed E-state index contributed by atoms with van der Waals surface area (Å²) in [6.45, 7) is 1.88. The second-order valence-electron chi connectivity index (χ2n) is 6.22. The Morgan fingerprint density at radius 3 is 2.36 bits per heavy atom. The van der Waals surface area contributed by atoms with Gasteiger partial charge in [0.25, 0.3) is 0 Å². The minimum Gasteiger partial charge on any atom is -0.469 e. The lowest BCUT2D eigenvalue weighted by molar-refractivity contribution is -0.173. The van der Waals surface area contributed by atoms with E-state index in [1.807, 2.05) is 0 Å². The summed E-state index contributed by atoms with van der Waals surface area (Å²) in [5.74, 6) is -3.23. The average Bonchev–Trinajstić information content (AvgIpc) is 2.68. The molecule has 0 radical (unpaired) electrons. The van der Waals surface area contributed by atoms with Crippen LogP contribution in [0, 0.1) is 11.3 Å². The Bertz CT molecular complexity index is 500. The molecular weight excluding hydrogens is 328 g/mol. The first-order valence-electron chi connectivity index (χ1n) is 8.79. The van der Waals surface area contributed by atoms with E-state index in [9.17, 15) is 19.2 Å². The minimum atomic E-state index is -1.70. The highest BCUT2D eigenvalue weighted by molar-refractivity contribution is 6.07. The first kappa shape index (κ1) is 21.1. The summed E-state index contributed by atoms with van der Waals surface area (Å²) in [7, 11) is 2.41. The molecule has 1 rings (SSSR count). The van der Waals surface area contributed by atoms with Gasteiger partial charge in [-0.05, 0) is 26.2 Å². The lowest BCUT2D eigenvalue weighted by Gasteiger charge is -2.35. The maximum absolute atomic E-state index is 13.0. The zero-order valence-electron chi connectivity index (χ0n) is 15.3. The fourth-order valence-electron chi connectivity index (χ4n) is 3.50. The molecule has 0 aromatic carbocycles. The van der Waals surface area contributed by atoms with Crippen LogP contribution in [0.25, 0.3) is 0 Å². The normalized spacial score (nSPS) is 24.4. The highest BCUT2D eigenvalue weighted by Gasteiger charge is 2.55. The molecule has 0 heterocycles. The molecule has 0 aromatic heterocycles. The Morgan fingerprint density at radius 2 is 1.76 bits per heavy atom. The standard InChI is InChI=1S/C18H28O7/c1-4-25-15(20)11-12-18(17(22)24-3)13(16(21)23-2)9-7-5-6-8-10-14(18)19/h13H,4-12H2,1-3H3/t13-,18-/m0/s1. The van der Waals surface area contributed by atoms with Crippen LogP contribution in [0.5, 0.6) is 0 Å². The van der Waals surface area contributed by atoms with Crippen LogP contribution >= 0.6 is 0 Å². The highest BCUT2D eigenvalue weighted by Crippen LogP contribution is 2.42. The fraction of sp³-hybridized carbons (Fsp3) is 0.778. The number of hydrogen-bond donors (Lipinski definition) is 0. The van der Waals surface area contributed by atoms with Gasteiger partial charge < -0.3 is 14.2 Å². The monoisotopic (exact) mass is 356 g/mol. The summed E-state index contributed by atoms with van der Waals surface area (Å²) in [6, 6.07) is 0. The van der Waals surface area contributed by atoms with Crippen molar-refractivity contribution in [3.63, 3.8) is 0 Å². The van der Waals surface area contributed by atoms with Gasteiger partial charge in [-0.15, -0.1) is 0 Å². The van der Waals surface area contributed by atoms with Gasteiger partial charge in [0, 0.05) is 12.8 Å². The molecule has 0 spiro atoms. The molecule has 0 saturated heterocycles. The number of esters is 3. The summed E-state index contributed by atoms with van der Waals surface area (Å²) >= 11 is 0. The van der Waals surface area contributed by atoms with Gasteiger partial charge in [-0.3, -0.25) is 19.2 Å². The van der Waals surface area contributed by atoms with Gasteiger partial charge in [0.2, 0.25) is 0 Å². The molecule has 0 bridgehead atoms. The van der Waals surface area contributed by atoms with E-state index in [1.165, 1.54) is 14.2 Å². The molecule has 1 fully saturated rings. The molecule has 25 heavy (non-hydrogen) atoms. The number of methoxy groups -OCH3 is 2. The number of Topliss-reactive ketones (excluding diaryl/α,β-unsaturated/α-hetero) is 1. The van der Waals surface area contributed by atoms with Gasteiger partial charge in [-0.25, -0.2) is 0 Å². The molecule has 1 aliphatic carbocycles. The van der Waals surface area contributed by atoms with Crippen LogP contribution in [0.1, 0.15) is 58.3 Å². The third-order valence-electron chi connectivity index (χ3n) is 4.80. The first-order valence-corrected chi connectivity index (χ1v) is 8.79. The van der Waals surface area contributed by atoms with Crippen molar-refractivity contribution in [2.45, 2.75) is 58.3 Å². The zero-order valence-corrected chi connectivity index (χ0v) is 15.3. The molecule has 0 aromatic rings. The molecule has 0 aliphatic heterocycles. The minimum absolute atomic E-state index is 0.114. The van der Waals surface area contributed by atoms with Crippen molar-refractivity contribution in [2.24, 2.45) is 11.3 Å². The molecule has 1 aliphatic rings. The Balaban J connectivity index is 3.31. The van der Waals surface area contributed by atoms with Crippen LogP contribution in [0.2, 0.25) is 0 Å². The highest BCUT2D eigenvalue weighted by atomic mass is 16.5. The van der Waals surface area contributed by atoms with Gasteiger partial charge in [-0.1, -0.05) is 19.3 Å². The van der Waals surface area contributed by atoms with E-state index in [0.29, 0.717) is 19.3 Å². The maximum Gasteiger partial charge on any atom is 0.320 e. The zero-order chi connectivity index (χ0) is 18.9. The predicted octanol–water partition coefficient (Wildman–Crippen LogP) is 2.20. The average molecular weight is 356 g/mol. The van der Waals surface area contributed by atoms with Crippen LogP contribution in [0.15, 0.2) is 0 Å². The summed E-state index contributed by atoms with van der Waals surface area (Å²) in [6.07, 6.45) is 3.34. The van der Waals surface area contributed by atoms with Crippen molar-refractivity contribution in [1.82, 2.24) is 0 Å². The first-order chi connectivity index (χ1) is 11.9. The second kappa shape index (κ2) is 10.2. The number of ether oxygens (including phenoxy) is 3. The van der Waals surface area contributed by atoms with Crippen LogP contribution in [-0.4, -0.2) is 44.5 Å². The van der Waals surface area contributed by atoms with E-state index in [4.69, 9.17) is 14.2 Å². The SMILES string of the molecule is CCOC(=O)CC[C@@]1(C(=O)OC)C(=O)CCCCCC[C@H]1C(=O)OC. The molecule has 2 atom stereocenters. The number of rotatable bonds is 6. The maximum atomic E-state index is 13.0. The van der Waals surface area contributed by atoms with E-state index in [2.05, 4.69) is 0 Å². The van der Waals surface area contributed by atoms with Crippen molar-refractivity contribution in [3.8, 4) is 0 Å². The molecule has 142 valence electrons. The Labute approximate surface area is 148 Å². The molecule has 0 N–H and O–H groups in total. The van der Waals surface area contributed by atoms with Gasteiger partial charge in [-0.2, -0.15) is 0 Å². The van der Waals surface area contributed by atoms with Crippen LogP contribution in [0.3, 0.4) is 0 Å². The van der Waals surface area contributed by atoms with E-state index < -0.39 is 29.2 Å². The predicted molar refractivity (Wildman–Crippen MR) is 88.5 cm³/mol. The van der Waals surface area contributed by atoms with Crippen molar-refractivity contribution < 1.29 is 33.4 Å². The smallest absolute Gasteiger partial charge is 0.320 e. The Morgan fingerprint density at radius 1 is 1.08 bits per heavy atom. The Hall–Kier alpha value is -1.92. The molecule has 1 saturated carbocycles.